The van der Waals surface area contributed by atoms with Crippen LogP contribution in [0.1, 0.15) is 37.5 Å². The Labute approximate surface area is 120 Å². The van der Waals surface area contributed by atoms with Crippen molar-refractivity contribution in [2.45, 2.75) is 32.7 Å². The fraction of sp³-hybridized carbons (Fsp3) is 0.294. The molecule has 0 radical (unpaired) electrons. The maximum absolute atomic E-state index is 8.87. The van der Waals surface area contributed by atoms with E-state index in [2.05, 4.69) is 48.7 Å². The molecule has 2 aromatic rings. The number of nitrogens with zero attached hydrogens (tertiary/aromatic N) is 2. The quantitative estimate of drug-likeness (QED) is 0.395. The van der Waals surface area contributed by atoms with Crippen LogP contribution >= 0.6 is 0 Å². The third-order valence-electron chi connectivity index (χ3n) is 3.34. The molecule has 0 spiro atoms. The first-order chi connectivity index (χ1) is 9.50. The Hall–Kier alpha value is -2.16. The van der Waals surface area contributed by atoms with E-state index >= 15 is 0 Å². The van der Waals surface area contributed by atoms with Crippen LogP contribution in [0.4, 0.5) is 0 Å². The predicted molar refractivity (Wildman–Crippen MR) is 80.3 cm³/mol. The van der Waals surface area contributed by atoms with Crippen LogP contribution in [-0.2, 0) is 12.0 Å². The van der Waals surface area contributed by atoms with Gasteiger partial charge < -0.3 is 5.21 Å². The summed E-state index contributed by atoms with van der Waals surface area (Å²) in [5, 5.41) is 12.1. The minimum Gasteiger partial charge on any atom is -0.411 e. The first-order valence-electron chi connectivity index (χ1n) is 6.75. The summed E-state index contributed by atoms with van der Waals surface area (Å²) in [5.41, 5.74) is 3.40. The van der Waals surface area contributed by atoms with Crippen LogP contribution in [0.3, 0.4) is 0 Å². The molecular formula is C17H21N2O+. The minimum absolute atomic E-state index is 0.0798. The summed E-state index contributed by atoms with van der Waals surface area (Å²) in [4.78, 5) is 0. The first-order valence-corrected chi connectivity index (χ1v) is 6.75. The SMILES string of the molecule is CC(C)(C)c1ccc(C[n+]2ccccc2)c(C=NO)c1. The molecule has 0 fully saturated rings. The number of hydrogen-bond donors (Lipinski definition) is 1. The lowest BCUT2D eigenvalue weighted by molar-refractivity contribution is -0.688. The molecule has 1 aromatic carbocycles. The van der Waals surface area contributed by atoms with Crippen molar-refractivity contribution in [1.29, 1.82) is 0 Å². The molecule has 0 atom stereocenters. The zero-order chi connectivity index (χ0) is 14.6. The van der Waals surface area contributed by atoms with E-state index in [1.807, 2.05) is 30.6 Å². The molecule has 0 aliphatic carbocycles. The molecule has 0 unspecified atom stereocenters. The van der Waals surface area contributed by atoms with Gasteiger partial charge in [0.1, 0.15) is 0 Å². The maximum Gasteiger partial charge on any atom is 0.174 e. The highest BCUT2D eigenvalue weighted by Crippen LogP contribution is 2.24. The molecule has 0 aliphatic rings. The number of pyridine rings is 1. The van der Waals surface area contributed by atoms with E-state index < -0.39 is 0 Å². The van der Waals surface area contributed by atoms with Crippen molar-refractivity contribution in [3.05, 3.63) is 65.5 Å². The topological polar surface area (TPSA) is 36.5 Å². The van der Waals surface area contributed by atoms with E-state index in [9.17, 15) is 0 Å². The van der Waals surface area contributed by atoms with E-state index in [4.69, 9.17) is 5.21 Å². The average molecular weight is 269 g/mol. The van der Waals surface area contributed by atoms with E-state index in [0.717, 1.165) is 17.7 Å². The van der Waals surface area contributed by atoms with E-state index in [-0.39, 0.29) is 5.41 Å². The summed E-state index contributed by atoms with van der Waals surface area (Å²) in [7, 11) is 0. The molecular weight excluding hydrogens is 248 g/mol. The molecule has 1 heterocycles. The Bertz CT molecular complexity index is 598. The lowest BCUT2D eigenvalue weighted by Gasteiger charge is -2.20. The standard InChI is InChI=1S/C17H20N2O/c1-17(2,3)16-8-7-14(15(11-16)12-18-20)13-19-9-5-4-6-10-19/h4-12H,13H2,1-3H3/p+1. The molecule has 0 saturated carbocycles. The second kappa shape index (κ2) is 5.87. The van der Waals surface area contributed by atoms with Crippen molar-refractivity contribution >= 4 is 6.21 Å². The van der Waals surface area contributed by atoms with Crippen LogP contribution in [0.15, 0.2) is 53.9 Å². The fourth-order valence-electron chi connectivity index (χ4n) is 2.12. The van der Waals surface area contributed by atoms with Gasteiger partial charge in [-0.3, -0.25) is 0 Å². The van der Waals surface area contributed by atoms with Crippen molar-refractivity contribution < 1.29 is 9.77 Å². The largest absolute Gasteiger partial charge is 0.411 e. The van der Waals surface area contributed by atoms with Crippen molar-refractivity contribution in [2.24, 2.45) is 5.16 Å². The molecule has 1 N–H and O–H groups in total. The van der Waals surface area contributed by atoms with Gasteiger partial charge in [-0.15, -0.1) is 0 Å². The highest BCUT2D eigenvalue weighted by atomic mass is 16.4. The van der Waals surface area contributed by atoms with Crippen LogP contribution in [0, 0.1) is 0 Å². The Morgan fingerprint density at radius 1 is 1.15 bits per heavy atom. The Morgan fingerprint density at radius 2 is 1.85 bits per heavy atom. The summed E-state index contributed by atoms with van der Waals surface area (Å²) < 4.78 is 2.10. The van der Waals surface area contributed by atoms with Gasteiger partial charge in [-0.2, -0.15) is 0 Å². The number of hydrogen-bond acceptors (Lipinski definition) is 2. The van der Waals surface area contributed by atoms with Gasteiger partial charge in [0, 0.05) is 23.3 Å². The monoisotopic (exact) mass is 269 g/mol. The van der Waals surface area contributed by atoms with Gasteiger partial charge in [0.05, 0.1) is 6.21 Å². The fourth-order valence-corrected chi connectivity index (χ4v) is 2.12. The van der Waals surface area contributed by atoms with Crippen molar-refractivity contribution in [3.8, 4) is 0 Å². The zero-order valence-corrected chi connectivity index (χ0v) is 12.2. The van der Waals surface area contributed by atoms with E-state index in [1.54, 1.807) is 0 Å². The Balaban J connectivity index is 2.38. The molecule has 20 heavy (non-hydrogen) atoms. The molecule has 3 heteroatoms. The first kappa shape index (κ1) is 14.3. The van der Waals surface area contributed by atoms with Crippen LogP contribution < -0.4 is 4.57 Å². The number of benzene rings is 1. The summed E-state index contributed by atoms with van der Waals surface area (Å²) >= 11 is 0. The normalized spacial score (nSPS) is 11.9. The molecule has 0 aliphatic heterocycles. The van der Waals surface area contributed by atoms with E-state index in [0.29, 0.717) is 0 Å². The number of oxime groups is 1. The van der Waals surface area contributed by atoms with Crippen molar-refractivity contribution in [3.63, 3.8) is 0 Å². The highest BCUT2D eigenvalue weighted by molar-refractivity contribution is 5.81. The Kier molecular flexibility index (Phi) is 4.18. The van der Waals surface area contributed by atoms with Gasteiger partial charge in [0.15, 0.2) is 18.9 Å². The van der Waals surface area contributed by atoms with Crippen LogP contribution in [0.5, 0.6) is 0 Å². The molecule has 0 saturated heterocycles. The molecule has 3 nitrogen and oxygen atoms in total. The summed E-state index contributed by atoms with van der Waals surface area (Å²) in [6.07, 6.45) is 5.56. The number of rotatable bonds is 3. The summed E-state index contributed by atoms with van der Waals surface area (Å²) in [6.45, 7) is 7.28. The molecule has 1 aromatic heterocycles. The third-order valence-corrected chi connectivity index (χ3v) is 3.34. The third kappa shape index (κ3) is 3.44. The van der Waals surface area contributed by atoms with Gasteiger partial charge in [-0.1, -0.05) is 44.1 Å². The lowest BCUT2D eigenvalue weighted by Crippen LogP contribution is -2.33. The second-order valence-electron chi connectivity index (χ2n) is 5.96. The summed E-state index contributed by atoms with van der Waals surface area (Å²) in [6, 6.07) is 12.4. The summed E-state index contributed by atoms with van der Waals surface area (Å²) in [5.74, 6) is 0. The smallest absolute Gasteiger partial charge is 0.174 e. The minimum atomic E-state index is 0.0798. The van der Waals surface area contributed by atoms with Gasteiger partial charge in [-0.25, -0.2) is 4.57 Å². The maximum atomic E-state index is 8.87. The highest BCUT2D eigenvalue weighted by Gasteiger charge is 2.16. The van der Waals surface area contributed by atoms with Crippen LogP contribution in [-0.4, -0.2) is 11.4 Å². The zero-order valence-electron chi connectivity index (χ0n) is 12.2. The Morgan fingerprint density at radius 3 is 2.45 bits per heavy atom. The van der Waals surface area contributed by atoms with Gasteiger partial charge in [0.2, 0.25) is 0 Å². The van der Waals surface area contributed by atoms with Gasteiger partial charge >= 0.3 is 0 Å². The second-order valence-corrected chi connectivity index (χ2v) is 5.96. The van der Waals surface area contributed by atoms with Crippen molar-refractivity contribution in [1.82, 2.24) is 0 Å². The van der Waals surface area contributed by atoms with Crippen LogP contribution in [0.25, 0.3) is 0 Å². The average Bonchev–Trinajstić information content (AvgIpc) is 2.41. The van der Waals surface area contributed by atoms with Gasteiger partial charge in [-0.05, 0) is 17.0 Å². The molecule has 0 amide bonds. The van der Waals surface area contributed by atoms with E-state index in [1.165, 1.54) is 11.8 Å². The molecule has 104 valence electrons. The van der Waals surface area contributed by atoms with Gasteiger partial charge in [0.25, 0.3) is 0 Å². The predicted octanol–water partition coefficient (Wildman–Crippen LogP) is 3.13. The molecule has 0 bridgehead atoms. The molecule has 2 rings (SSSR count). The lowest BCUT2D eigenvalue weighted by atomic mass is 9.85. The number of aromatic nitrogens is 1. The van der Waals surface area contributed by atoms with Crippen molar-refractivity contribution in [2.75, 3.05) is 0 Å². The van der Waals surface area contributed by atoms with Crippen LogP contribution in [0.2, 0.25) is 0 Å².